The van der Waals surface area contributed by atoms with E-state index in [2.05, 4.69) is 22.1 Å². The van der Waals surface area contributed by atoms with Crippen molar-refractivity contribution in [1.82, 2.24) is 5.32 Å². The number of carbonyl (C=O) groups is 1. The Bertz CT molecular complexity index is 538. The van der Waals surface area contributed by atoms with E-state index in [9.17, 15) is 4.79 Å². The third-order valence-electron chi connectivity index (χ3n) is 2.94. The van der Waals surface area contributed by atoms with Crippen LogP contribution in [0.15, 0.2) is 41.1 Å². The quantitative estimate of drug-likeness (QED) is 0.758. The Morgan fingerprint density at radius 2 is 2.05 bits per heavy atom. The van der Waals surface area contributed by atoms with Crippen LogP contribution < -0.4 is 10.1 Å². The molecule has 21 heavy (non-hydrogen) atoms. The largest absolute Gasteiger partial charge is 0.497 e. The second-order valence-electron chi connectivity index (χ2n) is 4.56. The van der Waals surface area contributed by atoms with Crippen LogP contribution >= 0.6 is 23.1 Å². The van der Waals surface area contributed by atoms with Gasteiger partial charge in [0.25, 0.3) is 0 Å². The maximum Gasteiger partial charge on any atom is 0.224 e. The van der Waals surface area contributed by atoms with E-state index >= 15 is 0 Å². The van der Waals surface area contributed by atoms with Gasteiger partial charge >= 0.3 is 0 Å². The third kappa shape index (κ3) is 5.81. The number of thioether (sulfide) groups is 1. The number of ether oxygens (including phenoxy) is 1. The third-order valence-corrected chi connectivity index (χ3v) is 4.70. The molecule has 0 aliphatic rings. The maximum atomic E-state index is 11.8. The molecule has 0 saturated carbocycles. The van der Waals surface area contributed by atoms with Gasteiger partial charge in [0.15, 0.2) is 0 Å². The minimum absolute atomic E-state index is 0.0660. The molecule has 0 bridgehead atoms. The van der Waals surface area contributed by atoms with Gasteiger partial charge in [-0.25, -0.2) is 0 Å². The first-order valence-electron chi connectivity index (χ1n) is 6.76. The fourth-order valence-corrected chi connectivity index (χ4v) is 3.40. The summed E-state index contributed by atoms with van der Waals surface area (Å²) in [4.78, 5) is 11.8. The lowest BCUT2D eigenvalue weighted by Gasteiger charge is -2.06. The number of carbonyl (C=O) groups excluding carboxylic acids is 1. The van der Waals surface area contributed by atoms with Crippen LogP contribution in [-0.2, 0) is 17.0 Å². The Hall–Kier alpha value is -1.46. The van der Waals surface area contributed by atoms with E-state index in [1.807, 2.05) is 36.0 Å². The standard InChI is InChI=1S/C16H19NO2S2/c1-19-15-4-2-13(3-5-15)10-16(18)17-7-9-21-12-14-6-8-20-11-14/h2-6,8,11H,7,9-10,12H2,1H3,(H,17,18). The molecular weight excluding hydrogens is 302 g/mol. The number of methoxy groups -OCH3 is 1. The highest BCUT2D eigenvalue weighted by atomic mass is 32.2. The average Bonchev–Trinajstić information content (AvgIpc) is 3.01. The van der Waals surface area contributed by atoms with E-state index in [-0.39, 0.29) is 5.91 Å². The first-order valence-corrected chi connectivity index (χ1v) is 8.86. The number of hydrogen-bond donors (Lipinski definition) is 1. The number of amides is 1. The molecule has 0 atom stereocenters. The minimum Gasteiger partial charge on any atom is -0.497 e. The highest BCUT2D eigenvalue weighted by Gasteiger charge is 2.03. The predicted molar refractivity (Wildman–Crippen MR) is 90.2 cm³/mol. The van der Waals surface area contributed by atoms with E-state index in [4.69, 9.17) is 4.74 Å². The van der Waals surface area contributed by atoms with Gasteiger partial charge in [-0.1, -0.05) is 12.1 Å². The summed E-state index contributed by atoms with van der Waals surface area (Å²) in [5.41, 5.74) is 2.36. The number of benzene rings is 1. The summed E-state index contributed by atoms with van der Waals surface area (Å²) < 4.78 is 5.09. The van der Waals surface area contributed by atoms with Crippen molar-refractivity contribution in [2.45, 2.75) is 12.2 Å². The monoisotopic (exact) mass is 321 g/mol. The zero-order valence-electron chi connectivity index (χ0n) is 12.0. The van der Waals surface area contributed by atoms with Crippen molar-refractivity contribution < 1.29 is 9.53 Å². The summed E-state index contributed by atoms with van der Waals surface area (Å²) in [5, 5.41) is 7.20. The van der Waals surface area contributed by atoms with Crippen LogP contribution in [0.5, 0.6) is 5.75 Å². The fourth-order valence-electron chi connectivity index (χ4n) is 1.82. The van der Waals surface area contributed by atoms with Gasteiger partial charge in [0, 0.05) is 18.1 Å². The van der Waals surface area contributed by atoms with Crippen LogP contribution in [0.3, 0.4) is 0 Å². The Morgan fingerprint density at radius 1 is 1.24 bits per heavy atom. The van der Waals surface area contributed by atoms with Crippen LogP contribution in [-0.4, -0.2) is 25.3 Å². The van der Waals surface area contributed by atoms with Gasteiger partial charge in [-0.05, 0) is 40.1 Å². The van der Waals surface area contributed by atoms with Crippen molar-refractivity contribution in [2.75, 3.05) is 19.4 Å². The summed E-state index contributed by atoms with van der Waals surface area (Å²) in [6.45, 7) is 0.712. The second-order valence-corrected chi connectivity index (χ2v) is 6.44. The molecule has 0 saturated heterocycles. The lowest BCUT2D eigenvalue weighted by atomic mass is 10.1. The molecule has 0 fully saturated rings. The smallest absolute Gasteiger partial charge is 0.224 e. The Balaban J connectivity index is 1.60. The lowest BCUT2D eigenvalue weighted by Crippen LogP contribution is -2.27. The number of hydrogen-bond acceptors (Lipinski definition) is 4. The molecule has 0 aliphatic heterocycles. The molecule has 0 aliphatic carbocycles. The molecule has 112 valence electrons. The van der Waals surface area contributed by atoms with Crippen molar-refractivity contribution in [3.8, 4) is 5.75 Å². The van der Waals surface area contributed by atoms with Crippen molar-refractivity contribution in [3.63, 3.8) is 0 Å². The Morgan fingerprint density at radius 3 is 2.71 bits per heavy atom. The van der Waals surface area contributed by atoms with Gasteiger partial charge < -0.3 is 10.1 Å². The van der Waals surface area contributed by atoms with E-state index in [0.717, 1.165) is 22.8 Å². The van der Waals surface area contributed by atoms with Gasteiger partial charge in [0.05, 0.1) is 13.5 Å². The van der Waals surface area contributed by atoms with Crippen LogP contribution in [0.25, 0.3) is 0 Å². The van der Waals surface area contributed by atoms with E-state index in [1.54, 1.807) is 18.4 Å². The van der Waals surface area contributed by atoms with Crippen molar-refractivity contribution in [2.24, 2.45) is 0 Å². The molecule has 1 heterocycles. The van der Waals surface area contributed by atoms with E-state index in [1.165, 1.54) is 5.56 Å². The summed E-state index contributed by atoms with van der Waals surface area (Å²) in [6.07, 6.45) is 0.416. The summed E-state index contributed by atoms with van der Waals surface area (Å²) >= 11 is 3.56. The molecule has 1 aromatic carbocycles. The fraction of sp³-hybridized carbons (Fsp3) is 0.312. The molecule has 1 amide bonds. The molecule has 1 N–H and O–H groups in total. The van der Waals surface area contributed by atoms with Crippen LogP contribution in [0.2, 0.25) is 0 Å². The Labute approximate surface area is 133 Å². The zero-order chi connectivity index (χ0) is 14.9. The molecule has 2 rings (SSSR count). The summed E-state index contributed by atoms with van der Waals surface area (Å²) in [6, 6.07) is 9.73. The lowest BCUT2D eigenvalue weighted by molar-refractivity contribution is -0.120. The topological polar surface area (TPSA) is 38.3 Å². The van der Waals surface area contributed by atoms with Gasteiger partial charge in [0.2, 0.25) is 5.91 Å². The highest BCUT2D eigenvalue weighted by molar-refractivity contribution is 7.98. The van der Waals surface area contributed by atoms with Crippen molar-refractivity contribution in [1.29, 1.82) is 0 Å². The van der Waals surface area contributed by atoms with Gasteiger partial charge in [0.1, 0.15) is 5.75 Å². The molecule has 1 aromatic heterocycles. The molecule has 3 nitrogen and oxygen atoms in total. The number of thiophene rings is 1. The van der Waals surface area contributed by atoms with E-state index in [0.29, 0.717) is 13.0 Å². The first-order chi connectivity index (χ1) is 10.3. The van der Waals surface area contributed by atoms with Gasteiger partial charge in [-0.15, -0.1) is 0 Å². The number of nitrogens with one attached hydrogen (secondary N) is 1. The molecule has 5 heteroatoms. The van der Waals surface area contributed by atoms with Crippen molar-refractivity contribution >= 4 is 29.0 Å². The van der Waals surface area contributed by atoms with Gasteiger partial charge in [-0.3, -0.25) is 4.79 Å². The zero-order valence-corrected chi connectivity index (χ0v) is 13.6. The SMILES string of the molecule is COc1ccc(CC(=O)NCCSCc2ccsc2)cc1. The highest BCUT2D eigenvalue weighted by Crippen LogP contribution is 2.14. The predicted octanol–water partition coefficient (Wildman–Crippen LogP) is 3.35. The van der Waals surface area contributed by atoms with Crippen molar-refractivity contribution in [3.05, 3.63) is 52.2 Å². The number of rotatable bonds is 8. The summed E-state index contributed by atoms with van der Waals surface area (Å²) in [7, 11) is 1.63. The normalized spacial score (nSPS) is 10.3. The maximum absolute atomic E-state index is 11.8. The summed E-state index contributed by atoms with van der Waals surface area (Å²) in [5.74, 6) is 2.82. The van der Waals surface area contributed by atoms with Gasteiger partial charge in [-0.2, -0.15) is 23.1 Å². The minimum atomic E-state index is 0.0660. The average molecular weight is 321 g/mol. The van der Waals surface area contributed by atoms with Crippen LogP contribution in [0.1, 0.15) is 11.1 Å². The second kappa shape index (κ2) is 8.74. The van der Waals surface area contributed by atoms with E-state index < -0.39 is 0 Å². The molecule has 2 aromatic rings. The molecule has 0 unspecified atom stereocenters. The molecular formula is C16H19NO2S2. The Kier molecular flexibility index (Phi) is 6.63. The first kappa shape index (κ1) is 15.9. The molecule has 0 radical (unpaired) electrons. The molecule has 0 spiro atoms. The van der Waals surface area contributed by atoms with Crippen LogP contribution in [0.4, 0.5) is 0 Å². The van der Waals surface area contributed by atoms with Crippen LogP contribution in [0, 0.1) is 0 Å².